The maximum Gasteiger partial charge on any atom is 0.249 e. The second-order valence-corrected chi connectivity index (χ2v) is 6.01. The van der Waals surface area contributed by atoms with E-state index in [9.17, 15) is 4.79 Å². The van der Waals surface area contributed by atoms with E-state index < -0.39 is 0 Å². The SMILES string of the molecule is Cc1nn(Cc2ccccc2)c(C)c1CNC(=O)C1CCCO1. The Bertz CT molecular complexity index is 673. The van der Waals surface area contributed by atoms with Gasteiger partial charge >= 0.3 is 0 Å². The summed E-state index contributed by atoms with van der Waals surface area (Å²) in [4.78, 5) is 12.1. The predicted octanol–water partition coefficient (Wildman–Crippen LogP) is 2.34. The molecule has 1 atom stereocenters. The van der Waals surface area contributed by atoms with E-state index in [1.165, 1.54) is 5.56 Å². The van der Waals surface area contributed by atoms with Gasteiger partial charge in [-0.3, -0.25) is 9.48 Å². The zero-order valence-corrected chi connectivity index (χ0v) is 13.7. The smallest absolute Gasteiger partial charge is 0.249 e. The van der Waals surface area contributed by atoms with E-state index in [1.54, 1.807) is 0 Å². The summed E-state index contributed by atoms with van der Waals surface area (Å²) >= 11 is 0. The molecule has 5 heteroatoms. The van der Waals surface area contributed by atoms with E-state index in [2.05, 4.69) is 29.5 Å². The van der Waals surface area contributed by atoms with Crippen LogP contribution in [0.25, 0.3) is 0 Å². The van der Waals surface area contributed by atoms with E-state index in [1.807, 2.05) is 29.8 Å². The van der Waals surface area contributed by atoms with Gasteiger partial charge in [-0.2, -0.15) is 5.10 Å². The number of ether oxygens (including phenoxy) is 1. The zero-order valence-electron chi connectivity index (χ0n) is 13.7. The molecule has 2 heterocycles. The molecule has 1 aromatic carbocycles. The molecule has 5 nitrogen and oxygen atoms in total. The number of aryl methyl sites for hydroxylation is 1. The number of hydrogen-bond donors (Lipinski definition) is 1. The average Bonchev–Trinajstić information content (AvgIpc) is 3.17. The van der Waals surface area contributed by atoms with E-state index in [0.717, 1.165) is 36.3 Å². The third kappa shape index (κ3) is 3.62. The van der Waals surface area contributed by atoms with Crippen molar-refractivity contribution >= 4 is 5.91 Å². The van der Waals surface area contributed by atoms with Crippen LogP contribution in [0.4, 0.5) is 0 Å². The van der Waals surface area contributed by atoms with Gasteiger partial charge in [0, 0.05) is 24.4 Å². The fourth-order valence-electron chi connectivity index (χ4n) is 2.97. The summed E-state index contributed by atoms with van der Waals surface area (Å²) < 4.78 is 7.41. The minimum Gasteiger partial charge on any atom is -0.368 e. The number of nitrogens with zero attached hydrogens (tertiary/aromatic N) is 2. The number of aromatic nitrogens is 2. The van der Waals surface area contributed by atoms with Crippen molar-refractivity contribution in [3.8, 4) is 0 Å². The first kappa shape index (κ1) is 15.7. The van der Waals surface area contributed by atoms with Crippen LogP contribution in [-0.2, 0) is 22.6 Å². The molecule has 0 bridgehead atoms. The van der Waals surface area contributed by atoms with Gasteiger partial charge in [0.1, 0.15) is 6.10 Å². The van der Waals surface area contributed by atoms with Crippen LogP contribution in [0.5, 0.6) is 0 Å². The highest BCUT2D eigenvalue weighted by Crippen LogP contribution is 2.16. The Kier molecular flexibility index (Phi) is 4.76. The van der Waals surface area contributed by atoms with Crippen LogP contribution in [0.2, 0.25) is 0 Å². The molecular weight excluding hydrogens is 290 g/mol. The van der Waals surface area contributed by atoms with Gasteiger partial charge in [-0.05, 0) is 32.3 Å². The largest absolute Gasteiger partial charge is 0.368 e. The molecule has 1 aliphatic heterocycles. The Morgan fingerprint density at radius 1 is 1.35 bits per heavy atom. The van der Waals surface area contributed by atoms with Gasteiger partial charge in [0.15, 0.2) is 0 Å². The lowest BCUT2D eigenvalue weighted by Gasteiger charge is -2.11. The van der Waals surface area contributed by atoms with Gasteiger partial charge in [0.25, 0.3) is 0 Å². The van der Waals surface area contributed by atoms with Gasteiger partial charge < -0.3 is 10.1 Å². The van der Waals surface area contributed by atoms with Crippen molar-refractivity contribution in [1.29, 1.82) is 0 Å². The first-order valence-electron chi connectivity index (χ1n) is 8.11. The fraction of sp³-hybridized carbons (Fsp3) is 0.444. The molecule has 3 rings (SSSR count). The van der Waals surface area contributed by atoms with Crippen LogP contribution in [0.3, 0.4) is 0 Å². The molecule has 1 saturated heterocycles. The van der Waals surface area contributed by atoms with Crippen LogP contribution >= 0.6 is 0 Å². The Hall–Kier alpha value is -2.14. The Labute approximate surface area is 136 Å². The molecule has 1 N–H and O–H groups in total. The summed E-state index contributed by atoms with van der Waals surface area (Å²) in [5.41, 5.74) is 4.37. The van der Waals surface area contributed by atoms with Crippen molar-refractivity contribution in [3.05, 3.63) is 52.8 Å². The Balaban J connectivity index is 1.67. The molecule has 0 radical (unpaired) electrons. The van der Waals surface area contributed by atoms with Gasteiger partial charge in [0.05, 0.1) is 12.2 Å². The molecule has 23 heavy (non-hydrogen) atoms. The number of hydrogen-bond acceptors (Lipinski definition) is 3. The van der Waals surface area contributed by atoms with Crippen molar-refractivity contribution in [3.63, 3.8) is 0 Å². The predicted molar refractivity (Wildman–Crippen MR) is 88.1 cm³/mol. The molecule has 1 unspecified atom stereocenters. The van der Waals surface area contributed by atoms with Crippen LogP contribution in [0, 0.1) is 13.8 Å². The molecule has 122 valence electrons. The minimum absolute atomic E-state index is 0.0166. The molecule has 0 saturated carbocycles. The summed E-state index contributed by atoms with van der Waals surface area (Å²) in [6.45, 7) is 5.97. The summed E-state index contributed by atoms with van der Waals surface area (Å²) in [5, 5.41) is 7.60. The minimum atomic E-state index is -0.282. The molecule has 1 fully saturated rings. The third-order valence-corrected chi connectivity index (χ3v) is 4.37. The lowest BCUT2D eigenvalue weighted by molar-refractivity contribution is -0.130. The maximum atomic E-state index is 12.1. The highest BCUT2D eigenvalue weighted by molar-refractivity contribution is 5.80. The zero-order chi connectivity index (χ0) is 16.2. The molecule has 1 aromatic heterocycles. The number of benzene rings is 1. The lowest BCUT2D eigenvalue weighted by atomic mass is 10.1. The summed E-state index contributed by atoms with van der Waals surface area (Å²) in [6, 6.07) is 10.3. The number of rotatable bonds is 5. The van der Waals surface area contributed by atoms with Crippen LogP contribution in [0.1, 0.15) is 35.4 Å². The quantitative estimate of drug-likeness (QED) is 0.922. The van der Waals surface area contributed by atoms with E-state index in [-0.39, 0.29) is 12.0 Å². The fourth-order valence-corrected chi connectivity index (χ4v) is 2.97. The van der Waals surface area contributed by atoms with Gasteiger partial charge in [-0.1, -0.05) is 30.3 Å². The first-order chi connectivity index (χ1) is 11.1. The molecular formula is C18H23N3O2. The molecule has 2 aromatic rings. The monoisotopic (exact) mass is 313 g/mol. The standard InChI is InChI=1S/C18H23N3O2/c1-13-16(11-19-18(22)17-9-6-10-23-17)14(2)21(20-13)12-15-7-4-3-5-8-15/h3-5,7-8,17H,6,9-12H2,1-2H3,(H,19,22). The lowest BCUT2D eigenvalue weighted by Crippen LogP contribution is -2.33. The van der Waals surface area contributed by atoms with E-state index >= 15 is 0 Å². The van der Waals surface area contributed by atoms with Crippen molar-refractivity contribution in [2.75, 3.05) is 6.61 Å². The number of amides is 1. The average molecular weight is 313 g/mol. The summed E-state index contributed by atoms with van der Waals surface area (Å²) in [6.07, 6.45) is 1.50. The first-order valence-corrected chi connectivity index (χ1v) is 8.11. The molecule has 1 amide bonds. The second kappa shape index (κ2) is 6.96. The van der Waals surface area contributed by atoms with Crippen molar-refractivity contribution < 1.29 is 9.53 Å². The summed E-state index contributed by atoms with van der Waals surface area (Å²) in [7, 11) is 0. The normalized spacial score (nSPS) is 17.4. The number of carbonyl (C=O) groups excluding carboxylic acids is 1. The van der Waals surface area contributed by atoms with Crippen molar-refractivity contribution in [2.24, 2.45) is 0 Å². The van der Waals surface area contributed by atoms with Gasteiger partial charge in [-0.15, -0.1) is 0 Å². The second-order valence-electron chi connectivity index (χ2n) is 6.01. The van der Waals surface area contributed by atoms with Crippen LogP contribution in [-0.4, -0.2) is 28.4 Å². The van der Waals surface area contributed by atoms with Crippen LogP contribution < -0.4 is 5.32 Å². The van der Waals surface area contributed by atoms with Crippen molar-refractivity contribution in [2.45, 2.75) is 45.9 Å². The van der Waals surface area contributed by atoms with Gasteiger partial charge in [0.2, 0.25) is 5.91 Å². The Morgan fingerprint density at radius 3 is 2.83 bits per heavy atom. The Morgan fingerprint density at radius 2 is 2.13 bits per heavy atom. The topological polar surface area (TPSA) is 56.2 Å². The number of nitrogens with one attached hydrogen (secondary N) is 1. The highest BCUT2D eigenvalue weighted by Gasteiger charge is 2.23. The van der Waals surface area contributed by atoms with Crippen LogP contribution in [0.15, 0.2) is 30.3 Å². The number of carbonyl (C=O) groups is 1. The summed E-state index contributed by atoms with van der Waals surface area (Å²) in [5.74, 6) is -0.0166. The van der Waals surface area contributed by atoms with Gasteiger partial charge in [-0.25, -0.2) is 0 Å². The highest BCUT2D eigenvalue weighted by atomic mass is 16.5. The maximum absolute atomic E-state index is 12.1. The molecule has 0 aliphatic carbocycles. The van der Waals surface area contributed by atoms with Crippen molar-refractivity contribution in [1.82, 2.24) is 15.1 Å². The molecule has 0 spiro atoms. The van der Waals surface area contributed by atoms with E-state index in [0.29, 0.717) is 13.2 Å². The third-order valence-electron chi connectivity index (χ3n) is 4.37. The van der Waals surface area contributed by atoms with E-state index in [4.69, 9.17) is 4.74 Å². The molecule has 1 aliphatic rings.